The Labute approximate surface area is 120 Å². The molecular weight excluding hydrogens is 254 g/mol. The van der Waals surface area contributed by atoms with Gasteiger partial charge in [0.15, 0.2) is 0 Å². The van der Waals surface area contributed by atoms with Crippen molar-refractivity contribution in [3.8, 4) is 0 Å². The maximum atomic E-state index is 11.5. The Morgan fingerprint density at radius 2 is 2.00 bits per heavy atom. The van der Waals surface area contributed by atoms with Gasteiger partial charge in [-0.1, -0.05) is 44.2 Å². The van der Waals surface area contributed by atoms with Gasteiger partial charge in [-0.2, -0.15) is 0 Å². The van der Waals surface area contributed by atoms with E-state index < -0.39 is 6.09 Å². The van der Waals surface area contributed by atoms with Crippen molar-refractivity contribution in [2.45, 2.75) is 52.2 Å². The quantitative estimate of drug-likeness (QED) is 0.920. The van der Waals surface area contributed by atoms with E-state index in [9.17, 15) is 9.59 Å². The van der Waals surface area contributed by atoms with E-state index in [1.807, 2.05) is 44.2 Å². The third-order valence-electron chi connectivity index (χ3n) is 3.02. The Morgan fingerprint density at radius 3 is 2.65 bits per heavy atom. The maximum Gasteiger partial charge on any atom is 0.407 e. The number of rotatable bonds is 3. The van der Waals surface area contributed by atoms with Gasteiger partial charge in [0.05, 0.1) is 0 Å². The third kappa shape index (κ3) is 5.87. The van der Waals surface area contributed by atoms with Crippen LogP contribution < -0.4 is 5.32 Å². The Balaban J connectivity index is 0.000000956. The number of ether oxygens (including phenoxy) is 1. The van der Waals surface area contributed by atoms with Crippen molar-refractivity contribution in [1.29, 1.82) is 0 Å². The molecule has 0 heterocycles. The van der Waals surface area contributed by atoms with Crippen LogP contribution in [0, 0.1) is 0 Å². The zero-order chi connectivity index (χ0) is 14.8. The topological polar surface area (TPSA) is 55.4 Å². The lowest BCUT2D eigenvalue weighted by Crippen LogP contribution is -2.38. The van der Waals surface area contributed by atoms with E-state index in [2.05, 4.69) is 5.32 Å². The molecule has 4 nitrogen and oxygen atoms in total. The van der Waals surface area contributed by atoms with E-state index in [1.165, 1.54) is 0 Å². The number of ketones is 1. The molecule has 4 heteroatoms. The molecule has 20 heavy (non-hydrogen) atoms. The van der Waals surface area contributed by atoms with Crippen LogP contribution in [-0.4, -0.2) is 17.9 Å². The summed E-state index contributed by atoms with van der Waals surface area (Å²) in [6.45, 7) is 4.26. The lowest BCUT2D eigenvalue weighted by Gasteiger charge is -2.21. The largest absolute Gasteiger partial charge is 0.445 e. The minimum Gasteiger partial charge on any atom is -0.445 e. The molecule has 1 aromatic carbocycles. The number of nitrogens with one attached hydrogen (secondary N) is 1. The monoisotopic (exact) mass is 277 g/mol. The lowest BCUT2D eigenvalue weighted by molar-refractivity contribution is -0.120. The van der Waals surface area contributed by atoms with Crippen molar-refractivity contribution in [1.82, 2.24) is 5.32 Å². The highest BCUT2D eigenvalue weighted by atomic mass is 16.5. The summed E-state index contributed by atoms with van der Waals surface area (Å²) >= 11 is 0. The molecule has 110 valence electrons. The molecule has 0 spiro atoms. The van der Waals surface area contributed by atoms with Crippen LogP contribution in [0.3, 0.4) is 0 Å². The van der Waals surface area contributed by atoms with Crippen LogP contribution in [0.5, 0.6) is 0 Å². The van der Waals surface area contributed by atoms with Crippen LogP contribution in [0.2, 0.25) is 0 Å². The first kappa shape index (κ1) is 16.2. The zero-order valence-electron chi connectivity index (χ0n) is 12.2. The van der Waals surface area contributed by atoms with Gasteiger partial charge in [-0.25, -0.2) is 4.79 Å². The second kappa shape index (κ2) is 9.13. The minimum absolute atomic E-state index is 0.0606. The summed E-state index contributed by atoms with van der Waals surface area (Å²) in [6.07, 6.45) is 2.32. The number of benzene rings is 1. The van der Waals surface area contributed by atoms with E-state index in [0.29, 0.717) is 12.8 Å². The van der Waals surface area contributed by atoms with E-state index in [-0.39, 0.29) is 18.4 Å². The summed E-state index contributed by atoms with van der Waals surface area (Å²) in [5.74, 6) is 0.217. The fraction of sp³-hybridized carbons (Fsp3) is 0.500. The van der Waals surface area contributed by atoms with Gasteiger partial charge in [0.1, 0.15) is 12.4 Å². The van der Waals surface area contributed by atoms with Crippen molar-refractivity contribution >= 4 is 11.9 Å². The number of carbonyl (C=O) groups excluding carboxylic acids is 2. The first-order chi connectivity index (χ1) is 9.74. The van der Waals surface area contributed by atoms with Gasteiger partial charge in [0.2, 0.25) is 0 Å². The number of amides is 1. The molecule has 1 aliphatic carbocycles. The molecule has 0 saturated heterocycles. The number of carbonyl (C=O) groups is 2. The van der Waals surface area contributed by atoms with Crippen LogP contribution in [0.25, 0.3) is 0 Å². The fourth-order valence-corrected chi connectivity index (χ4v) is 2.08. The number of Topliss-reactive ketones (excluding diaryl/α,β-unsaturated/α-hetero) is 1. The van der Waals surface area contributed by atoms with Gasteiger partial charge in [0.25, 0.3) is 0 Å². The standard InChI is InChI=1S/C14H17NO3.C2H6/c16-13-8-4-7-12(9-13)15-14(17)18-10-11-5-2-1-3-6-11;1-2/h1-3,5-6,12H,4,7-10H2,(H,15,17);1-2H3. The van der Waals surface area contributed by atoms with Crippen molar-refractivity contribution in [3.05, 3.63) is 35.9 Å². The van der Waals surface area contributed by atoms with Crippen LogP contribution in [0.15, 0.2) is 30.3 Å². The first-order valence-corrected chi connectivity index (χ1v) is 7.23. The molecule has 0 bridgehead atoms. The Hall–Kier alpha value is -1.84. The van der Waals surface area contributed by atoms with Crippen molar-refractivity contribution in [2.24, 2.45) is 0 Å². The van der Waals surface area contributed by atoms with E-state index in [0.717, 1.165) is 18.4 Å². The molecule has 2 rings (SSSR count). The number of hydrogen-bond donors (Lipinski definition) is 1. The molecule has 1 unspecified atom stereocenters. The second-order valence-electron chi connectivity index (χ2n) is 4.54. The molecule has 1 N–H and O–H groups in total. The summed E-state index contributed by atoms with van der Waals surface area (Å²) in [6, 6.07) is 9.45. The number of hydrogen-bond acceptors (Lipinski definition) is 3. The molecule has 0 aliphatic heterocycles. The normalized spacial score (nSPS) is 17.7. The lowest BCUT2D eigenvalue weighted by atomic mass is 9.94. The SMILES string of the molecule is CC.O=C1CCCC(NC(=O)OCc2ccccc2)C1. The maximum absolute atomic E-state index is 11.5. The Morgan fingerprint density at radius 1 is 1.30 bits per heavy atom. The fourth-order valence-electron chi connectivity index (χ4n) is 2.08. The minimum atomic E-state index is -0.446. The Kier molecular flexibility index (Phi) is 7.40. The number of alkyl carbamates (subject to hydrolysis) is 1. The van der Waals surface area contributed by atoms with Gasteiger partial charge in [-0.15, -0.1) is 0 Å². The van der Waals surface area contributed by atoms with E-state index in [1.54, 1.807) is 0 Å². The predicted octanol–water partition coefficient (Wildman–Crippen LogP) is 3.45. The molecule has 1 amide bonds. The summed E-state index contributed by atoms with van der Waals surface area (Å²) in [4.78, 5) is 22.8. The predicted molar refractivity (Wildman–Crippen MR) is 78.4 cm³/mol. The molecule has 0 aromatic heterocycles. The first-order valence-electron chi connectivity index (χ1n) is 7.23. The molecular formula is C16H23NO3. The molecule has 1 atom stereocenters. The van der Waals surface area contributed by atoms with Gasteiger partial charge in [0, 0.05) is 18.9 Å². The van der Waals surface area contributed by atoms with Crippen LogP contribution in [-0.2, 0) is 16.1 Å². The van der Waals surface area contributed by atoms with Crippen molar-refractivity contribution in [2.75, 3.05) is 0 Å². The van der Waals surface area contributed by atoms with Crippen molar-refractivity contribution < 1.29 is 14.3 Å². The smallest absolute Gasteiger partial charge is 0.407 e. The second-order valence-corrected chi connectivity index (χ2v) is 4.54. The van der Waals surface area contributed by atoms with Gasteiger partial charge in [-0.05, 0) is 18.4 Å². The zero-order valence-corrected chi connectivity index (χ0v) is 12.2. The van der Waals surface area contributed by atoms with E-state index >= 15 is 0 Å². The highest BCUT2D eigenvalue weighted by Gasteiger charge is 2.21. The molecule has 1 saturated carbocycles. The molecule has 1 aromatic rings. The van der Waals surface area contributed by atoms with Gasteiger partial charge >= 0.3 is 6.09 Å². The average Bonchev–Trinajstić information content (AvgIpc) is 2.48. The molecule has 1 fully saturated rings. The third-order valence-corrected chi connectivity index (χ3v) is 3.02. The molecule has 0 radical (unpaired) electrons. The van der Waals surface area contributed by atoms with Crippen LogP contribution in [0.4, 0.5) is 4.79 Å². The summed E-state index contributed by atoms with van der Waals surface area (Å²) < 4.78 is 5.10. The summed E-state index contributed by atoms with van der Waals surface area (Å²) in [5.41, 5.74) is 0.951. The molecule has 1 aliphatic rings. The Bertz CT molecular complexity index is 417. The summed E-state index contributed by atoms with van der Waals surface area (Å²) in [7, 11) is 0. The highest BCUT2D eigenvalue weighted by Crippen LogP contribution is 2.14. The van der Waals surface area contributed by atoms with Crippen molar-refractivity contribution in [3.63, 3.8) is 0 Å². The van der Waals surface area contributed by atoms with E-state index in [4.69, 9.17) is 4.74 Å². The van der Waals surface area contributed by atoms with Gasteiger partial charge in [-0.3, -0.25) is 4.79 Å². The average molecular weight is 277 g/mol. The van der Waals surface area contributed by atoms with Crippen LogP contribution >= 0.6 is 0 Å². The van der Waals surface area contributed by atoms with Crippen LogP contribution in [0.1, 0.15) is 45.1 Å². The van der Waals surface area contributed by atoms with Gasteiger partial charge < -0.3 is 10.1 Å². The summed E-state index contributed by atoms with van der Waals surface area (Å²) in [5, 5.41) is 2.74. The highest BCUT2D eigenvalue weighted by molar-refractivity contribution is 5.80.